The van der Waals surface area contributed by atoms with Gasteiger partial charge in [0.1, 0.15) is 0 Å². The quantitative estimate of drug-likeness (QED) is 0.571. The summed E-state index contributed by atoms with van der Waals surface area (Å²) in [6.45, 7) is 11.1. The summed E-state index contributed by atoms with van der Waals surface area (Å²) in [5.41, 5.74) is 3.94. The van der Waals surface area contributed by atoms with Gasteiger partial charge in [-0.15, -0.1) is 0 Å². The van der Waals surface area contributed by atoms with Gasteiger partial charge < -0.3 is 0 Å². The van der Waals surface area contributed by atoms with Crippen molar-refractivity contribution in [1.29, 1.82) is 0 Å². The predicted octanol–water partition coefficient (Wildman–Crippen LogP) is 5.63. The molecule has 0 unspecified atom stereocenters. The summed E-state index contributed by atoms with van der Waals surface area (Å²) in [4.78, 5) is 12.6. The number of rotatable bonds is 1. The van der Waals surface area contributed by atoms with Crippen LogP contribution in [0.1, 0.15) is 66.7 Å². The molecule has 1 nitrogen and oxygen atoms in total. The second-order valence-electron chi connectivity index (χ2n) is 7.51. The van der Waals surface area contributed by atoms with Gasteiger partial charge in [-0.2, -0.15) is 0 Å². The average Bonchev–Trinajstić information content (AvgIpc) is 2.71. The van der Waals surface area contributed by atoms with Crippen LogP contribution in [0.2, 0.25) is 0 Å². The first-order valence-electron chi connectivity index (χ1n) is 8.39. The largest absolute Gasteiger partial charge is 0.295 e. The zero-order valence-corrected chi connectivity index (χ0v) is 14.3. The number of ketones is 1. The minimum Gasteiger partial charge on any atom is -0.295 e. The number of hydrogen-bond donors (Lipinski definition) is 0. The molecule has 0 N–H and O–H groups in total. The van der Waals surface area contributed by atoms with Crippen molar-refractivity contribution in [3.8, 4) is 0 Å². The molecule has 2 rings (SSSR count). The first-order valence-corrected chi connectivity index (χ1v) is 8.39. The summed E-state index contributed by atoms with van der Waals surface area (Å²) in [5.74, 6) is 1.56. The van der Waals surface area contributed by atoms with Crippen molar-refractivity contribution in [2.45, 2.75) is 66.7 Å². The lowest BCUT2D eigenvalue weighted by Crippen LogP contribution is -2.32. The number of Topliss-reactive ketones (excluding diaryl/α,β-unsaturated/α-hetero) is 1. The van der Waals surface area contributed by atoms with Gasteiger partial charge in [0.05, 0.1) is 0 Å². The van der Waals surface area contributed by atoms with Gasteiger partial charge in [-0.3, -0.25) is 4.79 Å². The Morgan fingerprint density at radius 1 is 1.19 bits per heavy atom. The molecule has 0 radical (unpaired) electrons. The highest BCUT2D eigenvalue weighted by molar-refractivity contribution is 5.95. The molecule has 0 saturated heterocycles. The van der Waals surface area contributed by atoms with E-state index in [1.807, 2.05) is 6.92 Å². The molecular weight excluding hydrogens is 256 g/mol. The van der Waals surface area contributed by atoms with E-state index in [0.29, 0.717) is 24.0 Å². The number of hydrogen-bond acceptors (Lipinski definition) is 1. The SMILES string of the molecule is C/C1=C\CC2=CC[C@@H](C(C)C)[C@]2(C)CC(=O)/C(C)=C/CC1. The van der Waals surface area contributed by atoms with Crippen LogP contribution in [0.5, 0.6) is 0 Å². The zero-order valence-electron chi connectivity index (χ0n) is 14.3. The molecule has 21 heavy (non-hydrogen) atoms. The molecule has 0 amide bonds. The van der Waals surface area contributed by atoms with Crippen molar-refractivity contribution >= 4 is 5.78 Å². The van der Waals surface area contributed by atoms with Gasteiger partial charge >= 0.3 is 0 Å². The van der Waals surface area contributed by atoms with Crippen molar-refractivity contribution in [2.24, 2.45) is 17.3 Å². The first-order chi connectivity index (χ1) is 9.84. The van der Waals surface area contributed by atoms with Gasteiger partial charge in [0.25, 0.3) is 0 Å². The molecule has 0 heterocycles. The summed E-state index contributed by atoms with van der Waals surface area (Å²) < 4.78 is 0. The van der Waals surface area contributed by atoms with Crippen LogP contribution in [0.25, 0.3) is 0 Å². The van der Waals surface area contributed by atoms with Gasteiger partial charge in [-0.05, 0) is 62.4 Å². The predicted molar refractivity (Wildman–Crippen MR) is 90.1 cm³/mol. The fraction of sp³-hybridized carbons (Fsp3) is 0.650. The normalized spacial score (nSPS) is 36.2. The number of allylic oxidation sites excluding steroid dienone is 6. The van der Waals surface area contributed by atoms with Crippen LogP contribution in [-0.4, -0.2) is 5.78 Å². The minimum absolute atomic E-state index is 0.0431. The number of carbonyl (C=O) groups is 1. The topological polar surface area (TPSA) is 17.1 Å². The fourth-order valence-electron chi connectivity index (χ4n) is 4.06. The van der Waals surface area contributed by atoms with Crippen molar-refractivity contribution in [3.63, 3.8) is 0 Å². The third-order valence-corrected chi connectivity index (χ3v) is 5.60. The third-order valence-electron chi connectivity index (χ3n) is 5.60. The lowest BCUT2D eigenvalue weighted by Gasteiger charge is -2.37. The molecule has 1 heteroatoms. The highest BCUT2D eigenvalue weighted by Crippen LogP contribution is 2.51. The zero-order chi connectivity index (χ0) is 15.6. The van der Waals surface area contributed by atoms with Gasteiger partial charge in [-0.1, -0.05) is 50.1 Å². The van der Waals surface area contributed by atoms with E-state index >= 15 is 0 Å². The summed E-state index contributed by atoms with van der Waals surface area (Å²) >= 11 is 0. The maximum Gasteiger partial charge on any atom is 0.159 e. The Hall–Kier alpha value is -1.11. The monoisotopic (exact) mass is 286 g/mol. The van der Waals surface area contributed by atoms with E-state index in [1.54, 1.807) is 0 Å². The van der Waals surface area contributed by atoms with Crippen LogP contribution < -0.4 is 0 Å². The Morgan fingerprint density at radius 3 is 2.57 bits per heavy atom. The fourth-order valence-corrected chi connectivity index (χ4v) is 4.06. The maximum atomic E-state index is 12.6. The summed E-state index contributed by atoms with van der Waals surface area (Å²) in [6.07, 6.45) is 11.8. The Labute approximate surface area is 130 Å². The molecule has 0 spiro atoms. The molecule has 0 aromatic rings. The van der Waals surface area contributed by atoms with Gasteiger partial charge in [0, 0.05) is 6.42 Å². The molecular formula is C20H30O. The van der Waals surface area contributed by atoms with E-state index in [9.17, 15) is 4.79 Å². The molecule has 0 fully saturated rings. The molecule has 0 aliphatic heterocycles. The van der Waals surface area contributed by atoms with E-state index in [2.05, 4.69) is 45.9 Å². The lowest BCUT2D eigenvalue weighted by molar-refractivity contribution is -0.117. The first kappa shape index (κ1) is 16.3. The molecule has 0 aromatic carbocycles. The Balaban J connectivity index is 2.38. The Bertz CT molecular complexity index is 504. The molecule has 2 atom stereocenters. The number of fused-ring (bicyclic) bond motifs is 1. The van der Waals surface area contributed by atoms with Crippen LogP contribution in [-0.2, 0) is 4.79 Å². The molecule has 0 saturated carbocycles. The smallest absolute Gasteiger partial charge is 0.159 e. The highest BCUT2D eigenvalue weighted by atomic mass is 16.1. The minimum atomic E-state index is 0.0431. The van der Waals surface area contributed by atoms with Gasteiger partial charge in [0.15, 0.2) is 5.78 Å². The molecule has 0 bridgehead atoms. The van der Waals surface area contributed by atoms with Crippen LogP contribution in [0.15, 0.2) is 34.9 Å². The third kappa shape index (κ3) is 3.39. The van der Waals surface area contributed by atoms with E-state index in [1.165, 1.54) is 11.1 Å². The molecule has 0 aromatic heterocycles. The van der Waals surface area contributed by atoms with E-state index in [0.717, 1.165) is 31.3 Å². The Kier molecular flexibility index (Phi) is 4.91. The van der Waals surface area contributed by atoms with Crippen molar-refractivity contribution in [1.82, 2.24) is 0 Å². The van der Waals surface area contributed by atoms with Crippen molar-refractivity contribution < 1.29 is 4.79 Å². The summed E-state index contributed by atoms with van der Waals surface area (Å²) in [6, 6.07) is 0. The molecule has 2 aliphatic carbocycles. The maximum absolute atomic E-state index is 12.6. The van der Waals surface area contributed by atoms with E-state index in [-0.39, 0.29) is 5.41 Å². The number of carbonyl (C=O) groups excluding carboxylic acids is 1. The second kappa shape index (κ2) is 6.34. The van der Waals surface area contributed by atoms with E-state index < -0.39 is 0 Å². The summed E-state index contributed by atoms with van der Waals surface area (Å²) in [5, 5.41) is 0. The standard InChI is InChI=1S/C20H30O/c1-14(2)18-12-11-17-10-9-15(3)7-6-8-16(4)19(21)13-20(17,18)5/h8-9,11,14,18H,6-7,10,12-13H2,1-5H3/b15-9+,16-8+/t18-,20+/m0/s1. The molecule has 2 aliphatic rings. The van der Waals surface area contributed by atoms with Crippen LogP contribution in [0.4, 0.5) is 0 Å². The second-order valence-corrected chi connectivity index (χ2v) is 7.51. The van der Waals surface area contributed by atoms with Crippen LogP contribution >= 0.6 is 0 Å². The van der Waals surface area contributed by atoms with Crippen LogP contribution in [0, 0.1) is 17.3 Å². The summed E-state index contributed by atoms with van der Waals surface area (Å²) in [7, 11) is 0. The van der Waals surface area contributed by atoms with Gasteiger partial charge in [-0.25, -0.2) is 0 Å². The Morgan fingerprint density at radius 2 is 1.90 bits per heavy atom. The average molecular weight is 286 g/mol. The molecule has 116 valence electrons. The van der Waals surface area contributed by atoms with Crippen molar-refractivity contribution in [2.75, 3.05) is 0 Å². The lowest BCUT2D eigenvalue weighted by atomic mass is 9.66. The van der Waals surface area contributed by atoms with Gasteiger partial charge in [0.2, 0.25) is 0 Å². The van der Waals surface area contributed by atoms with Crippen molar-refractivity contribution in [3.05, 3.63) is 34.9 Å². The van der Waals surface area contributed by atoms with E-state index in [4.69, 9.17) is 0 Å². The highest BCUT2D eigenvalue weighted by Gasteiger charge is 2.43. The van der Waals surface area contributed by atoms with Crippen LogP contribution in [0.3, 0.4) is 0 Å².